The average Bonchev–Trinajstić information content (AvgIpc) is 3.52. The van der Waals surface area contributed by atoms with Gasteiger partial charge >= 0.3 is 0 Å². The quantitative estimate of drug-likeness (QED) is 0.527. The van der Waals surface area contributed by atoms with E-state index in [0.29, 0.717) is 32.8 Å². The van der Waals surface area contributed by atoms with Gasteiger partial charge in [0.25, 0.3) is 11.5 Å². The van der Waals surface area contributed by atoms with Crippen molar-refractivity contribution in [1.82, 2.24) is 14.3 Å². The predicted octanol–water partition coefficient (Wildman–Crippen LogP) is 3.74. The number of rotatable bonds is 5. The van der Waals surface area contributed by atoms with Crippen LogP contribution in [-0.4, -0.2) is 49.8 Å². The van der Waals surface area contributed by atoms with E-state index in [1.807, 2.05) is 19.1 Å². The highest BCUT2D eigenvalue weighted by molar-refractivity contribution is 8.26. The fraction of sp³-hybridized carbons (Fsp3) is 0.478. The summed E-state index contributed by atoms with van der Waals surface area (Å²) in [7, 11) is 0. The summed E-state index contributed by atoms with van der Waals surface area (Å²) in [6, 6.07) is 4.06. The van der Waals surface area contributed by atoms with Crippen molar-refractivity contribution in [3.05, 3.63) is 44.7 Å². The van der Waals surface area contributed by atoms with E-state index >= 15 is 0 Å². The number of anilines is 1. The van der Waals surface area contributed by atoms with Gasteiger partial charge in [-0.05, 0) is 50.3 Å². The zero-order valence-electron chi connectivity index (χ0n) is 18.0. The smallest absolute Gasteiger partial charge is 0.267 e. The van der Waals surface area contributed by atoms with Crippen LogP contribution in [0.1, 0.15) is 49.7 Å². The molecule has 2 aromatic heterocycles. The molecule has 1 N–H and O–H groups in total. The van der Waals surface area contributed by atoms with Gasteiger partial charge in [-0.1, -0.05) is 42.9 Å². The molecule has 2 aromatic rings. The first-order chi connectivity index (χ1) is 15.5. The van der Waals surface area contributed by atoms with E-state index in [0.717, 1.165) is 37.9 Å². The molecule has 1 unspecified atom stereocenters. The van der Waals surface area contributed by atoms with Gasteiger partial charge in [0.15, 0.2) is 0 Å². The summed E-state index contributed by atoms with van der Waals surface area (Å²) in [4.78, 5) is 33.5. The Hall–Kier alpha value is -2.23. The van der Waals surface area contributed by atoms with Crippen LogP contribution in [0.3, 0.4) is 0 Å². The van der Waals surface area contributed by atoms with Gasteiger partial charge in [0, 0.05) is 18.8 Å². The number of thiocarbonyl (C=S) groups is 1. The van der Waals surface area contributed by atoms with Crippen molar-refractivity contribution in [2.24, 2.45) is 0 Å². The lowest BCUT2D eigenvalue weighted by Gasteiger charge is -2.18. The van der Waals surface area contributed by atoms with Crippen LogP contribution in [-0.2, 0) is 9.53 Å². The fourth-order valence-electron chi connectivity index (χ4n) is 4.60. The van der Waals surface area contributed by atoms with E-state index in [1.54, 1.807) is 21.6 Å². The molecular weight excluding hydrogens is 444 g/mol. The highest BCUT2D eigenvalue weighted by atomic mass is 32.2. The SMILES string of the molecule is Cc1cccn2c(=O)c(C=C3SC(=S)N(CC4CCCO4)C3=O)c(NC3CCCC3)nc12. The van der Waals surface area contributed by atoms with Gasteiger partial charge < -0.3 is 10.1 Å². The van der Waals surface area contributed by atoms with Crippen LogP contribution in [0.4, 0.5) is 5.82 Å². The molecule has 3 fully saturated rings. The molecule has 2 aliphatic heterocycles. The third-order valence-corrected chi connectivity index (χ3v) is 7.72. The number of amides is 1. The van der Waals surface area contributed by atoms with Gasteiger partial charge in [-0.3, -0.25) is 18.9 Å². The molecular formula is C23H26N4O3S2. The predicted molar refractivity (Wildman–Crippen MR) is 131 cm³/mol. The van der Waals surface area contributed by atoms with Crippen molar-refractivity contribution in [2.45, 2.75) is 57.6 Å². The second-order valence-corrected chi connectivity index (χ2v) is 10.3. The van der Waals surface area contributed by atoms with E-state index in [1.165, 1.54) is 24.6 Å². The van der Waals surface area contributed by atoms with Gasteiger partial charge in [0.2, 0.25) is 0 Å². The Labute approximate surface area is 196 Å². The molecule has 0 spiro atoms. The lowest BCUT2D eigenvalue weighted by atomic mass is 10.2. The summed E-state index contributed by atoms with van der Waals surface area (Å²) in [5, 5.41) is 3.48. The van der Waals surface area contributed by atoms with Crippen molar-refractivity contribution in [1.29, 1.82) is 0 Å². The highest BCUT2D eigenvalue weighted by Crippen LogP contribution is 2.34. The number of carbonyl (C=O) groups is 1. The molecule has 1 aliphatic carbocycles. The molecule has 0 aromatic carbocycles. The number of hydrogen-bond donors (Lipinski definition) is 1. The standard InChI is InChI=1S/C23H26N4O3S2/c1-14-6-4-10-26-20(14)25-19(24-15-7-2-3-8-15)17(21(26)28)12-18-22(29)27(23(31)32-18)13-16-9-5-11-30-16/h4,6,10,12,15-16,24H,2-3,5,7-9,11,13H2,1H3. The molecule has 0 radical (unpaired) electrons. The Balaban J connectivity index is 1.54. The highest BCUT2D eigenvalue weighted by Gasteiger charge is 2.35. The third-order valence-electron chi connectivity index (χ3n) is 6.34. The van der Waals surface area contributed by atoms with Crippen molar-refractivity contribution >= 4 is 51.7 Å². The van der Waals surface area contributed by atoms with E-state index < -0.39 is 0 Å². The zero-order chi connectivity index (χ0) is 22.2. The topological polar surface area (TPSA) is 75.9 Å². The Morgan fingerprint density at radius 3 is 2.84 bits per heavy atom. The Morgan fingerprint density at radius 1 is 1.28 bits per heavy atom. The average molecular weight is 471 g/mol. The summed E-state index contributed by atoms with van der Waals surface area (Å²) in [5.41, 5.74) is 1.76. The lowest BCUT2D eigenvalue weighted by molar-refractivity contribution is -0.123. The number of nitrogens with one attached hydrogen (secondary N) is 1. The number of hydrogen-bond acceptors (Lipinski definition) is 7. The van der Waals surface area contributed by atoms with Gasteiger partial charge in [-0.25, -0.2) is 4.98 Å². The molecule has 3 aliphatic rings. The molecule has 1 saturated carbocycles. The van der Waals surface area contributed by atoms with Crippen LogP contribution in [0.2, 0.25) is 0 Å². The molecule has 32 heavy (non-hydrogen) atoms. The van der Waals surface area contributed by atoms with Crippen molar-refractivity contribution in [3.8, 4) is 0 Å². The summed E-state index contributed by atoms with van der Waals surface area (Å²) < 4.78 is 7.74. The van der Waals surface area contributed by atoms with Gasteiger partial charge in [0.1, 0.15) is 15.8 Å². The van der Waals surface area contributed by atoms with Crippen LogP contribution in [0.25, 0.3) is 11.7 Å². The number of aromatic nitrogens is 2. The number of fused-ring (bicyclic) bond motifs is 1. The molecule has 9 heteroatoms. The van der Waals surface area contributed by atoms with E-state index in [4.69, 9.17) is 21.9 Å². The summed E-state index contributed by atoms with van der Waals surface area (Å²) >= 11 is 6.72. The minimum Gasteiger partial charge on any atom is -0.376 e. The van der Waals surface area contributed by atoms with Crippen molar-refractivity contribution in [3.63, 3.8) is 0 Å². The number of aryl methyl sites for hydroxylation is 1. The molecule has 1 amide bonds. The summed E-state index contributed by atoms with van der Waals surface area (Å²) in [5.74, 6) is 0.372. The van der Waals surface area contributed by atoms with Crippen LogP contribution in [0.15, 0.2) is 28.0 Å². The van der Waals surface area contributed by atoms with Crippen molar-refractivity contribution < 1.29 is 9.53 Å². The lowest BCUT2D eigenvalue weighted by Crippen LogP contribution is -2.35. The van der Waals surface area contributed by atoms with Gasteiger partial charge in [0.05, 0.1) is 23.1 Å². The van der Waals surface area contributed by atoms with Crippen LogP contribution in [0.5, 0.6) is 0 Å². The first kappa shape index (κ1) is 21.6. The maximum atomic E-state index is 13.5. The molecule has 1 atom stereocenters. The summed E-state index contributed by atoms with van der Waals surface area (Å²) in [6.45, 7) is 3.13. The van der Waals surface area contributed by atoms with Crippen LogP contribution in [0, 0.1) is 6.92 Å². The molecule has 5 rings (SSSR count). The molecule has 4 heterocycles. The molecule has 168 valence electrons. The van der Waals surface area contributed by atoms with E-state index in [9.17, 15) is 9.59 Å². The number of thioether (sulfide) groups is 1. The number of pyridine rings is 1. The van der Waals surface area contributed by atoms with Crippen molar-refractivity contribution in [2.75, 3.05) is 18.5 Å². The van der Waals surface area contributed by atoms with Crippen LogP contribution < -0.4 is 10.9 Å². The molecule has 2 saturated heterocycles. The zero-order valence-corrected chi connectivity index (χ0v) is 19.6. The Kier molecular flexibility index (Phi) is 6.05. The first-order valence-corrected chi connectivity index (χ1v) is 12.4. The first-order valence-electron chi connectivity index (χ1n) is 11.2. The van der Waals surface area contributed by atoms with Crippen LogP contribution >= 0.6 is 24.0 Å². The summed E-state index contributed by atoms with van der Waals surface area (Å²) in [6.07, 6.45) is 9.78. The maximum absolute atomic E-state index is 13.5. The number of ether oxygens (including phenoxy) is 1. The largest absolute Gasteiger partial charge is 0.376 e. The fourth-order valence-corrected chi connectivity index (χ4v) is 5.85. The van der Waals surface area contributed by atoms with Gasteiger partial charge in [-0.2, -0.15) is 0 Å². The monoisotopic (exact) mass is 470 g/mol. The number of carbonyl (C=O) groups excluding carboxylic acids is 1. The second kappa shape index (κ2) is 8.96. The van der Waals surface area contributed by atoms with Gasteiger partial charge in [-0.15, -0.1) is 0 Å². The minimum atomic E-state index is -0.191. The van der Waals surface area contributed by atoms with E-state index in [-0.39, 0.29) is 23.6 Å². The molecule has 7 nitrogen and oxygen atoms in total. The minimum absolute atomic E-state index is 0.0207. The Bertz CT molecular complexity index is 1160. The second-order valence-electron chi connectivity index (χ2n) is 8.62. The maximum Gasteiger partial charge on any atom is 0.267 e. The molecule has 0 bridgehead atoms. The Morgan fingerprint density at radius 2 is 2.09 bits per heavy atom. The normalized spacial score (nSPS) is 23.2. The third kappa shape index (κ3) is 4.09. The van der Waals surface area contributed by atoms with E-state index in [2.05, 4.69) is 5.32 Å². The number of nitrogens with zero attached hydrogens (tertiary/aromatic N) is 3.